The second-order valence-electron chi connectivity index (χ2n) is 4.23. The Bertz CT molecular complexity index is 752. The number of hydrogen-bond acceptors (Lipinski definition) is 2. The third-order valence-electron chi connectivity index (χ3n) is 3.00. The summed E-state index contributed by atoms with van der Waals surface area (Å²) in [4.78, 5) is 4.67. The van der Waals surface area contributed by atoms with Crippen LogP contribution < -0.4 is 0 Å². The highest BCUT2D eigenvalue weighted by molar-refractivity contribution is 9.10. The van der Waals surface area contributed by atoms with E-state index in [1.807, 2.05) is 36.5 Å². The Kier molecular flexibility index (Phi) is 3.29. The van der Waals surface area contributed by atoms with E-state index in [0.29, 0.717) is 5.15 Å². The van der Waals surface area contributed by atoms with Crippen molar-refractivity contribution in [3.05, 3.63) is 51.7 Å². The molecular formula is C14H11BrClN3. The van der Waals surface area contributed by atoms with Crippen molar-refractivity contribution in [3.63, 3.8) is 0 Å². The molecule has 2 heterocycles. The van der Waals surface area contributed by atoms with Crippen LogP contribution in [0.25, 0.3) is 16.9 Å². The summed E-state index contributed by atoms with van der Waals surface area (Å²) >= 11 is 9.74. The van der Waals surface area contributed by atoms with Gasteiger partial charge in [-0.2, -0.15) is 5.10 Å². The van der Waals surface area contributed by atoms with E-state index in [-0.39, 0.29) is 0 Å². The zero-order chi connectivity index (χ0) is 13.4. The molecule has 0 saturated heterocycles. The van der Waals surface area contributed by atoms with Gasteiger partial charge in [-0.3, -0.25) is 0 Å². The van der Waals surface area contributed by atoms with Crippen LogP contribution in [0.2, 0.25) is 5.15 Å². The molecule has 0 spiro atoms. The Morgan fingerprint density at radius 3 is 2.89 bits per heavy atom. The minimum atomic E-state index is 0.569. The Labute approximate surface area is 124 Å². The normalized spacial score (nSPS) is 11.1. The summed E-state index contributed by atoms with van der Waals surface area (Å²) < 4.78 is 2.69. The van der Waals surface area contributed by atoms with E-state index in [1.165, 1.54) is 0 Å². The van der Waals surface area contributed by atoms with Gasteiger partial charge in [0.15, 0.2) is 5.65 Å². The van der Waals surface area contributed by atoms with Gasteiger partial charge in [-0.15, -0.1) is 0 Å². The Morgan fingerprint density at radius 2 is 2.16 bits per heavy atom. The Hall–Kier alpha value is -1.39. The van der Waals surface area contributed by atoms with Crippen LogP contribution in [0.3, 0.4) is 0 Å². The first-order valence-corrected chi connectivity index (χ1v) is 7.15. The minimum absolute atomic E-state index is 0.569. The first-order chi connectivity index (χ1) is 9.19. The van der Waals surface area contributed by atoms with Gasteiger partial charge in [0.1, 0.15) is 5.15 Å². The number of aromatic nitrogens is 3. The van der Waals surface area contributed by atoms with Gasteiger partial charge in [-0.05, 0) is 18.6 Å². The number of fused-ring (bicyclic) bond motifs is 1. The smallest absolute Gasteiger partial charge is 0.160 e. The molecule has 0 N–H and O–H groups in total. The standard InChI is InChI=1S/C14H11BrClN3/c1-2-9-8-17-19-13(16)7-12(18-14(9)19)10-4-3-5-11(15)6-10/h3-8H,2H2,1H3. The summed E-state index contributed by atoms with van der Waals surface area (Å²) in [6.45, 7) is 2.08. The fraction of sp³-hybridized carbons (Fsp3) is 0.143. The van der Waals surface area contributed by atoms with Gasteiger partial charge in [0.2, 0.25) is 0 Å². The van der Waals surface area contributed by atoms with Gasteiger partial charge < -0.3 is 0 Å². The highest BCUT2D eigenvalue weighted by Gasteiger charge is 2.10. The SMILES string of the molecule is CCc1cnn2c(Cl)cc(-c3cccc(Br)c3)nc12. The van der Waals surface area contributed by atoms with Crippen molar-refractivity contribution in [3.8, 4) is 11.3 Å². The van der Waals surface area contributed by atoms with Crippen molar-refractivity contribution in [2.75, 3.05) is 0 Å². The second kappa shape index (κ2) is 4.94. The highest BCUT2D eigenvalue weighted by Crippen LogP contribution is 2.25. The molecule has 19 heavy (non-hydrogen) atoms. The summed E-state index contributed by atoms with van der Waals surface area (Å²) in [7, 11) is 0. The summed E-state index contributed by atoms with van der Waals surface area (Å²) in [5.74, 6) is 0. The molecular weight excluding hydrogens is 326 g/mol. The third kappa shape index (κ3) is 2.26. The van der Waals surface area contributed by atoms with Gasteiger partial charge in [0.25, 0.3) is 0 Å². The molecule has 0 fully saturated rings. The Balaban J connectivity index is 2.25. The Morgan fingerprint density at radius 1 is 1.32 bits per heavy atom. The van der Waals surface area contributed by atoms with E-state index >= 15 is 0 Å². The average Bonchev–Trinajstić information content (AvgIpc) is 2.82. The first kappa shape index (κ1) is 12.6. The van der Waals surface area contributed by atoms with Crippen molar-refractivity contribution in [2.45, 2.75) is 13.3 Å². The maximum atomic E-state index is 6.27. The van der Waals surface area contributed by atoms with E-state index in [2.05, 4.69) is 32.9 Å². The molecule has 0 bridgehead atoms. The molecule has 2 aromatic heterocycles. The number of hydrogen-bond donors (Lipinski definition) is 0. The van der Waals surface area contributed by atoms with E-state index < -0.39 is 0 Å². The second-order valence-corrected chi connectivity index (χ2v) is 5.54. The topological polar surface area (TPSA) is 30.2 Å². The van der Waals surface area contributed by atoms with Crippen LogP contribution in [0.5, 0.6) is 0 Å². The molecule has 0 aliphatic carbocycles. The van der Waals surface area contributed by atoms with Crippen LogP contribution in [0.4, 0.5) is 0 Å². The zero-order valence-corrected chi connectivity index (χ0v) is 12.6. The molecule has 0 aliphatic heterocycles. The van der Waals surface area contributed by atoms with Gasteiger partial charge in [-0.1, -0.05) is 46.6 Å². The van der Waals surface area contributed by atoms with Crippen LogP contribution in [0.1, 0.15) is 12.5 Å². The lowest BCUT2D eigenvalue weighted by atomic mass is 10.1. The molecule has 96 valence electrons. The largest absolute Gasteiger partial charge is 0.228 e. The predicted molar refractivity (Wildman–Crippen MR) is 80.5 cm³/mol. The lowest BCUT2D eigenvalue weighted by Gasteiger charge is -2.05. The van der Waals surface area contributed by atoms with Gasteiger partial charge in [-0.25, -0.2) is 9.50 Å². The number of nitrogens with zero attached hydrogens (tertiary/aromatic N) is 3. The molecule has 3 rings (SSSR count). The first-order valence-electron chi connectivity index (χ1n) is 5.98. The molecule has 5 heteroatoms. The lowest BCUT2D eigenvalue weighted by molar-refractivity contribution is 0.941. The van der Waals surface area contributed by atoms with E-state index in [9.17, 15) is 0 Å². The van der Waals surface area contributed by atoms with E-state index in [1.54, 1.807) is 4.52 Å². The highest BCUT2D eigenvalue weighted by atomic mass is 79.9. The number of benzene rings is 1. The monoisotopic (exact) mass is 335 g/mol. The lowest BCUT2D eigenvalue weighted by Crippen LogP contribution is -1.95. The van der Waals surface area contributed by atoms with Crippen LogP contribution in [0, 0.1) is 0 Å². The molecule has 1 aromatic carbocycles. The summed E-state index contributed by atoms with van der Waals surface area (Å²) in [6, 6.07) is 9.85. The molecule has 0 saturated carbocycles. The van der Waals surface area contributed by atoms with Crippen LogP contribution in [-0.2, 0) is 6.42 Å². The van der Waals surface area contributed by atoms with Crippen molar-refractivity contribution >= 4 is 33.2 Å². The zero-order valence-electron chi connectivity index (χ0n) is 10.3. The van der Waals surface area contributed by atoms with Crippen LogP contribution >= 0.6 is 27.5 Å². The van der Waals surface area contributed by atoms with Crippen LogP contribution in [0.15, 0.2) is 41.0 Å². The number of halogens is 2. The predicted octanol–water partition coefficient (Wildman–Crippen LogP) is 4.37. The van der Waals surface area contributed by atoms with Crippen molar-refractivity contribution in [1.82, 2.24) is 14.6 Å². The molecule has 0 aliphatic rings. The van der Waals surface area contributed by atoms with Crippen molar-refractivity contribution in [1.29, 1.82) is 0 Å². The summed E-state index contributed by atoms with van der Waals surface area (Å²) in [5.41, 5.74) is 3.81. The molecule has 3 nitrogen and oxygen atoms in total. The minimum Gasteiger partial charge on any atom is -0.228 e. The molecule has 0 amide bonds. The average molecular weight is 337 g/mol. The van der Waals surface area contributed by atoms with E-state index in [0.717, 1.165) is 33.4 Å². The molecule has 0 unspecified atom stereocenters. The van der Waals surface area contributed by atoms with Crippen molar-refractivity contribution in [2.24, 2.45) is 0 Å². The molecule has 3 aromatic rings. The van der Waals surface area contributed by atoms with E-state index in [4.69, 9.17) is 11.6 Å². The van der Waals surface area contributed by atoms with Gasteiger partial charge >= 0.3 is 0 Å². The maximum absolute atomic E-state index is 6.27. The van der Waals surface area contributed by atoms with Gasteiger partial charge in [0, 0.05) is 21.7 Å². The fourth-order valence-corrected chi connectivity index (χ4v) is 2.64. The number of rotatable bonds is 2. The van der Waals surface area contributed by atoms with Crippen molar-refractivity contribution < 1.29 is 0 Å². The quantitative estimate of drug-likeness (QED) is 0.650. The molecule has 0 radical (unpaired) electrons. The molecule has 0 atom stereocenters. The maximum Gasteiger partial charge on any atom is 0.160 e. The third-order valence-corrected chi connectivity index (χ3v) is 3.77. The summed E-state index contributed by atoms with van der Waals surface area (Å²) in [6.07, 6.45) is 2.70. The number of aryl methyl sites for hydroxylation is 1. The fourth-order valence-electron chi connectivity index (χ4n) is 2.02. The van der Waals surface area contributed by atoms with Crippen LogP contribution in [-0.4, -0.2) is 14.6 Å². The van der Waals surface area contributed by atoms with Gasteiger partial charge in [0.05, 0.1) is 11.9 Å². The summed E-state index contributed by atoms with van der Waals surface area (Å²) in [5, 5.41) is 4.82.